The molecule has 1 aliphatic carbocycles. The number of carbonyl (C=O) groups excluding carboxylic acids is 2. The number of nitrogens with one attached hydrogen (secondary N) is 2. The van der Waals surface area contributed by atoms with E-state index in [-0.39, 0.29) is 23.6 Å². The van der Waals surface area contributed by atoms with Crippen LogP contribution < -0.4 is 15.5 Å². The Bertz CT molecular complexity index is 853. The number of pyridine rings is 1. The van der Waals surface area contributed by atoms with E-state index in [1.54, 1.807) is 12.1 Å². The highest BCUT2D eigenvalue weighted by atomic mass is 16.2. The second-order valence-electron chi connectivity index (χ2n) is 7.93. The predicted molar refractivity (Wildman–Crippen MR) is 114 cm³/mol. The van der Waals surface area contributed by atoms with Gasteiger partial charge in [0, 0.05) is 42.3 Å². The number of amides is 2. The van der Waals surface area contributed by atoms with E-state index in [2.05, 4.69) is 20.5 Å². The SMILES string of the molecule is O=C(Nc1ccc(N2CCCCC2)cc1)c1ccnc(C(=O)NC2CCCC2)c1. The van der Waals surface area contributed by atoms with Crippen molar-refractivity contribution >= 4 is 23.2 Å². The van der Waals surface area contributed by atoms with Crippen molar-refractivity contribution in [3.63, 3.8) is 0 Å². The van der Waals surface area contributed by atoms with Gasteiger partial charge >= 0.3 is 0 Å². The summed E-state index contributed by atoms with van der Waals surface area (Å²) in [7, 11) is 0. The Labute approximate surface area is 171 Å². The van der Waals surface area contributed by atoms with E-state index in [9.17, 15) is 9.59 Å². The van der Waals surface area contributed by atoms with Crippen molar-refractivity contribution in [3.8, 4) is 0 Å². The smallest absolute Gasteiger partial charge is 0.270 e. The number of piperidine rings is 1. The van der Waals surface area contributed by atoms with E-state index in [0.717, 1.165) is 44.5 Å². The number of benzene rings is 1. The van der Waals surface area contributed by atoms with Gasteiger partial charge in [-0.05, 0) is 68.5 Å². The summed E-state index contributed by atoms with van der Waals surface area (Å²) in [5, 5.41) is 5.92. The summed E-state index contributed by atoms with van der Waals surface area (Å²) in [5.41, 5.74) is 2.64. The van der Waals surface area contributed by atoms with Crippen LogP contribution in [-0.2, 0) is 0 Å². The lowest BCUT2D eigenvalue weighted by Crippen LogP contribution is -2.33. The Morgan fingerprint density at radius 3 is 2.34 bits per heavy atom. The van der Waals surface area contributed by atoms with Crippen LogP contribution in [0, 0.1) is 0 Å². The molecule has 0 bridgehead atoms. The third-order valence-corrected chi connectivity index (χ3v) is 5.79. The number of hydrogen-bond acceptors (Lipinski definition) is 4. The third-order valence-electron chi connectivity index (χ3n) is 5.79. The maximum Gasteiger partial charge on any atom is 0.270 e. The molecular weight excluding hydrogens is 364 g/mol. The fourth-order valence-corrected chi connectivity index (χ4v) is 4.14. The van der Waals surface area contributed by atoms with Gasteiger partial charge in [-0.25, -0.2) is 0 Å². The molecule has 0 unspecified atom stereocenters. The number of aromatic nitrogens is 1. The van der Waals surface area contributed by atoms with E-state index in [1.807, 2.05) is 24.3 Å². The Kier molecular flexibility index (Phi) is 6.08. The largest absolute Gasteiger partial charge is 0.372 e. The predicted octanol–water partition coefficient (Wildman–Crippen LogP) is 4.00. The molecule has 4 rings (SSSR count). The van der Waals surface area contributed by atoms with Crippen molar-refractivity contribution in [2.24, 2.45) is 0 Å². The van der Waals surface area contributed by atoms with Crippen molar-refractivity contribution < 1.29 is 9.59 Å². The summed E-state index contributed by atoms with van der Waals surface area (Å²) in [6.07, 6.45) is 9.61. The van der Waals surface area contributed by atoms with Gasteiger partial charge < -0.3 is 15.5 Å². The normalized spacial score (nSPS) is 17.2. The molecule has 0 radical (unpaired) electrons. The van der Waals surface area contributed by atoms with Crippen LogP contribution in [0.5, 0.6) is 0 Å². The highest BCUT2D eigenvalue weighted by Crippen LogP contribution is 2.22. The quantitative estimate of drug-likeness (QED) is 0.807. The van der Waals surface area contributed by atoms with E-state index in [4.69, 9.17) is 0 Å². The second kappa shape index (κ2) is 9.07. The van der Waals surface area contributed by atoms with Gasteiger partial charge in [0.05, 0.1) is 0 Å². The fourth-order valence-electron chi connectivity index (χ4n) is 4.14. The molecule has 2 amide bonds. The molecule has 0 atom stereocenters. The highest BCUT2D eigenvalue weighted by molar-refractivity contribution is 6.05. The zero-order valence-corrected chi connectivity index (χ0v) is 16.7. The molecule has 6 nitrogen and oxygen atoms in total. The van der Waals surface area contributed by atoms with Gasteiger partial charge in [-0.3, -0.25) is 14.6 Å². The van der Waals surface area contributed by atoms with Gasteiger partial charge in [0.2, 0.25) is 0 Å². The number of nitrogens with zero attached hydrogens (tertiary/aromatic N) is 2. The fraction of sp³-hybridized carbons (Fsp3) is 0.435. The van der Waals surface area contributed by atoms with Crippen molar-refractivity contribution in [1.29, 1.82) is 0 Å². The molecule has 2 heterocycles. The highest BCUT2D eigenvalue weighted by Gasteiger charge is 2.19. The minimum Gasteiger partial charge on any atom is -0.372 e. The first kappa shape index (κ1) is 19.4. The molecule has 6 heteroatoms. The zero-order valence-electron chi connectivity index (χ0n) is 16.7. The van der Waals surface area contributed by atoms with Gasteiger partial charge in [0.25, 0.3) is 11.8 Å². The first-order chi connectivity index (χ1) is 14.2. The molecule has 1 saturated heterocycles. The van der Waals surface area contributed by atoms with Crippen LogP contribution in [0.1, 0.15) is 65.8 Å². The van der Waals surface area contributed by atoms with Gasteiger partial charge in [-0.2, -0.15) is 0 Å². The topological polar surface area (TPSA) is 74.3 Å². The van der Waals surface area contributed by atoms with E-state index in [1.165, 1.54) is 31.1 Å². The van der Waals surface area contributed by atoms with E-state index in [0.29, 0.717) is 5.56 Å². The lowest BCUT2D eigenvalue weighted by Gasteiger charge is -2.28. The molecule has 1 saturated carbocycles. The molecule has 0 spiro atoms. The second-order valence-corrected chi connectivity index (χ2v) is 7.93. The summed E-state index contributed by atoms with van der Waals surface area (Å²) < 4.78 is 0. The summed E-state index contributed by atoms with van der Waals surface area (Å²) in [5.74, 6) is -0.453. The average Bonchev–Trinajstić information content (AvgIpc) is 3.28. The van der Waals surface area contributed by atoms with Crippen LogP contribution in [-0.4, -0.2) is 35.9 Å². The molecule has 152 valence electrons. The number of rotatable bonds is 5. The Balaban J connectivity index is 1.38. The maximum atomic E-state index is 12.6. The van der Waals surface area contributed by atoms with Crippen LogP contribution in [0.25, 0.3) is 0 Å². The summed E-state index contributed by atoms with van der Waals surface area (Å²) in [4.78, 5) is 31.6. The standard InChI is InChI=1S/C23H28N4O2/c28-22(25-19-8-10-20(11-9-19)27-14-4-1-5-15-27)17-12-13-24-21(16-17)23(29)26-18-6-2-3-7-18/h8-13,16,18H,1-7,14-15H2,(H,25,28)(H,26,29). The van der Waals surface area contributed by atoms with Gasteiger partial charge in [-0.1, -0.05) is 12.8 Å². The summed E-state index contributed by atoms with van der Waals surface area (Å²) >= 11 is 0. The zero-order chi connectivity index (χ0) is 20.1. The summed E-state index contributed by atoms with van der Waals surface area (Å²) in [6, 6.07) is 11.4. The minimum atomic E-state index is -0.243. The van der Waals surface area contributed by atoms with Crippen LogP contribution in [0.3, 0.4) is 0 Å². The molecule has 2 fully saturated rings. The van der Waals surface area contributed by atoms with Crippen LogP contribution in [0.4, 0.5) is 11.4 Å². The first-order valence-corrected chi connectivity index (χ1v) is 10.6. The van der Waals surface area contributed by atoms with Crippen molar-refractivity contribution in [2.45, 2.75) is 51.0 Å². The monoisotopic (exact) mass is 392 g/mol. The Morgan fingerprint density at radius 2 is 1.62 bits per heavy atom. The molecule has 1 aliphatic heterocycles. The molecular formula is C23H28N4O2. The Morgan fingerprint density at radius 1 is 0.897 bits per heavy atom. The molecule has 2 N–H and O–H groups in total. The molecule has 2 aromatic rings. The van der Waals surface area contributed by atoms with E-state index >= 15 is 0 Å². The summed E-state index contributed by atoms with van der Waals surface area (Å²) in [6.45, 7) is 2.18. The van der Waals surface area contributed by atoms with Gasteiger partial charge in [-0.15, -0.1) is 0 Å². The van der Waals surface area contributed by atoms with Gasteiger partial charge in [0.1, 0.15) is 5.69 Å². The van der Waals surface area contributed by atoms with E-state index < -0.39 is 0 Å². The maximum absolute atomic E-state index is 12.6. The van der Waals surface area contributed by atoms with Crippen LogP contribution in [0.2, 0.25) is 0 Å². The van der Waals surface area contributed by atoms with Crippen molar-refractivity contribution in [1.82, 2.24) is 10.3 Å². The van der Waals surface area contributed by atoms with Crippen LogP contribution in [0.15, 0.2) is 42.6 Å². The van der Waals surface area contributed by atoms with Crippen LogP contribution >= 0.6 is 0 Å². The lowest BCUT2D eigenvalue weighted by atomic mass is 10.1. The van der Waals surface area contributed by atoms with Gasteiger partial charge in [0.15, 0.2) is 0 Å². The number of hydrogen-bond donors (Lipinski definition) is 2. The molecule has 29 heavy (non-hydrogen) atoms. The first-order valence-electron chi connectivity index (χ1n) is 10.6. The molecule has 1 aromatic heterocycles. The lowest BCUT2D eigenvalue weighted by molar-refractivity contribution is 0.0933. The van der Waals surface area contributed by atoms with Crippen molar-refractivity contribution in [3.05, 3.63) is 53.9 Å². The third kappa shape index (κ3) is 4.94. The van der Waals surface area contributed by atoms with Crippen molar-refractivity contribution in [2.75, 3.05) is 23.3 Å². The number of carbonyl (C=O) groups is 2. The number of anilines is 2. The molecule has 1 aromatic carbocycles. The Hall–Kier alpha value is -2.89. The molecule has 2 aliphatic rings. The average molecular weight is 393 g/mol. The minimum absolute atomic E-state index is 0.211.